The van der Waals surface area contributed by atoms with Crippen molar-refractivity contribution in [2.45, 2.75) is 19.5 Å². The van der Waals surface area contributed by atoms with Crippen molar-refractivity contribution in [1.29, 1.82) is 0 Å². The van der Waals surface area contributed by atoms with Crippen molar-refractivity contribution < 1.29 is 9.47 Å². The topological polar surface area (TPSA) is 49.5 Å². The molecule has 0 saturated heterocycles. The Labute approximate surface area is 156 Å². The van der Waals surface area contributed by atoms with E-state index in [2.05, 4.69) is 39.5 Å². The predicted octanol–water partition coefficient (Wildman–Crippen LogP) is 3.33. The quantitative estimate of drug-likeness (QED) is 0.682. The van der Waals surface area contributed by atoms with Gasteiger partial charge in [0.2, 0.25) is 6.79 Å². The molecule has 0 unspecified atom stereocenters. The summed E-state index contributed by atoms with van der Waals surface area (Å²) < 4.78 is 10.8. The Kier molecular flexibility index (Phi) is 3.71. The number of nitrogens with zero attached hydrogens (tertiary/aromatic N) is 1. The van der Waals surface area contributed by atoms with Crippen LogP contribution in [-0.2, 0) is 19.5 Å². The molecular formula is C20H19N3O2S. The fourth-order valence-electron chi connectivity index (χ4n) is 3.71. The van der Waals surface area contributed by atoms with Gasteiger partial charge in [-0.3, -0.25) is 0 Å². The summed E-state index contributed by atoms with van der Waals surface area (Å²) in [7, 11) is 0. The Bertz CT molecular complexity index is 998. The molecule has 2 aliphatic heterocycles. The maximum atomic E-state index is 5.63. The normalized spacial score (nSPS) is 15.2. The lowest BCUT2D eigenvalue weighted by Crippen LogP contribution is -2.42. The van der Waals surface area contributed by atoms with Crippen LogP contribution in [0.5, 0.6) is 11.5 Å². The molecule has 3 heterocycles. The zero-order valence-electron chi connectivity index (χ0n) is 14.2. The van der Waals surface area contributed by atoms with E-state index in [1.165, 1.54) is 22.2 Å². The van der Waals surface area contributed by atoms with E-state index in [0.717, 1.165) is 41.7 Å². The zero-order valence-corrected chi connectivity index (χ0v) is 15.1. The average Bonchev–Trinajstić information content (AvgIpc) is 3.29. The minimum absolute atomic E-state index is 0.297. The first-order chi connectivity index (χ1) is 12.8. The van der Waals surface area contributed by atoms with Gasteiger partial charge >= 0.3 is 0 Å². The monoisotopic (exact) mass is 365 g/mol. The molecule has 0 spiro atoms. The second-order valence-corrected chi connectivity index (χ2v) is 7.03. The highest BCUT2D eigenvalue weighted by molar-refractivity contribution is 7.80. The minimum atomic E-state index is 0.297. The number of thiocarbonyl (C=S) groups is 1. The lowest BCUT2D eigenvalue weighted by molar-refractivity contribution is 0.174. The molecule has 1 aromatic heterocycles. The maximum Gasteiger partial charge on any atom is 0.231 e. The van der Waals surface area contributed by atoms with Crippen LogP contribution in [0, 0.1) is 0 Å². The standard InChI is InChI=1S/C20H19N3O2S/c26-20(21-10-13-5-6-18-19(9-13)25-12-24-18)23-8-7-15-14-3-1-2-4-16(14)22-17(15)11-23/h1-6,9,22H,7-8,10-12H2,(H,21,26). The molecule has 5 nitrogen and oxygen atoms in total. The number of hydrogen-bond donors (Lipinski definition) is 2. The average molecular weight is 365 g/mol. The summed E-state index contributed by atoms with van der Waals surface area (Å²) >= 11 is 5.63. The van der Waals surface area contributed by atoms with Crippen LogP contribution < -0.4 is 14.8 Å². The van der Waals surface area contributed by atoms with Crippen LogP contribution in [0.25, 0.3) is 10.9 Å². The van der Waals surface area contributed by atoms with E-state index in [-0.39, 0.29) is 0 Å². The Morgan fingerprint density at radius 2 is 2.04 bits per heavy atom. The number of rotatable bonds is 2. The summed E-state index contributed by atoms with van der Waals surface area (Å²) in [6, 6.07) is 14.5. The third-order valence-corrected chi connectivity index (χ3v) is 5.45. The smallest absolute Gasteiger partial charge is 0.231 e. The van der Waals surface area contributed by atoms with Gasteiger partial charge in [-0.05, 0) is 48.0 Å². The molecule has 6 heteroatoms. The lowest BCUT2D eigenvalue weighted by atomic mass is 10.0. The third-order valence-electron chi connectivity index (χ3n) is 5.05. The largest absolute Gasteiger partial charge is 0.454 e. The van der Waals surface area contributed by atoms with E-state index in [9.17, 15) is 0 Å². The van der Waals surface area contributed by atoms with Crippen LogP contribution in [0.15, 0.2) is 42.5 Å². The minimum Gasteiger partial charge on any atom is -0.454 e. The Morgan fingerprint density at radius 3 is 3.00 bits per heavy atom. The Morgan fingerprint density at radius 1 is 1.15 bits per heavy atom. The van der Waals surface area contributed by atoms with Gasteiger partial charge < -0.3 is 24.7 Å². The van der Waals surface area contributed by atoms with Crippen LogP contribution in [-0.4, -0.2) is 28.3 Å². The second kappa shape index (κ2) is 6.21. The molecule has 2 aliphatic rings. The summed E-state index contributed by atoms with van der Waals surface area (Å²) in [6.07, 6.45) is 1.01. The van der Waals surface area contributed by atoms with Crippen molar-refractivity contribution in [1.82, 2.24) is 15.2 Å². The summed E-state index contributed by atoms with van der Waals surface area (Å²) in [4.78, 5) is 5.77. The molecule has 0 bridgehead atoms. The van der Waals surface area contributed by atoms with Crippen molar-refractivity contribution >= 4 is 28.2 Å². The molecule has 3 aromatic rings. The van der Waals surface area contributed by atoms with Crippen LogP contribution >= 0.6 is 12.2 Å². The van der Waals surface area contributed by atoms with E-state index in [4.69, 9.17) is 21.7 Å². The van der Waals surface area contributed by atoms with Gasteiger partial charge in [0.05, 0.1) is 6.54 Å². The number of para-hydroxylation sites is 1. The molecule has 2 N–H and O–H groups in total. The number of nitrogens with one attached hydrogen (secondary N) is 2. The molecule has 0 fully saturated rings. The van der Waals surface area contributed by atoms with Gasteiger partial charge in [-0.1, -0.05) is 24.3 Å². The SMILES string of the molecule is S=C(NCc1ccc2c(c1)OCO2)N1CCc2c([nH]c3ccccc23)C1. The van der Waals surface area contributed by atoms with E-state index >= 15 is 0 Å². The first kappa shape index (κ1) is 15.5. The zero-order chi connectivity index (χ0) is 17.5. The van der Waals surface area contributed by atoms with E-state index in [1.807, 2.05) is 18.2 Å². The number of ether oxygens (including phenoxy) is 2. The first-order valence-corrected chi connectivity index (χ1v) is 9.18. The van der Waals surface area contributed by atoms with Crippen molar-refractivity contribution in [3.8, 4) is 11.5 Å². The first-order valence-electron chi connectivity index (χ1n) is 8.78. The number of aromatic nitrogens is 1. The molecule has 26 heavy (non-hydrogen) atoms. The fraction of sp³-hybridized carbons (Fsp3) is 0.250. The van der Waals surface area contributed by atoms with Crippen molar-refractivity contribution in [3.63, 3.8) is 0 Å². The molecule has 5 rings (SSSR count). The maximum absolute atomic E-state index is 5.63. The summed E-state index contributed by atoms with van der Waals surface area (Å²) in [5, 5.41) is 5.49. The molecule has 0 radical (unpaired) electrons. The second-order valence-electron chi connectivity index (χ2n) is 6.65. The fourth-order valence-corrected chi connectivity index (χ4v) is 3.93. The van der Waals surface area contributed by atoms with Crippen molar-refractivity contribution in [2.75, 3.05) is 13.3 Å². The lowest BCUT2D eigenvalue weighted by Gasteiger charge is -2.29. The number of fused-ring (bicyclic) bond motifs is 4. The molecular weight excluding hydrogens is 346 g/mol. The molecule has 0 atom stereocenters. The number of aromatic amines is 1. The van der Waals surface area contributed by atoms with Crippen LogP contribution in [0.2, 0.25) is 0 Å². The van der Waals surface area contributed by atoms with Gasteiger partial charge in [0, 0.05) is 29.7 Å². The summed E-state index contributed by atoms with van der Waals surface area (Å²) in [5.41, 5.74) is 5.03. The van der Waals surface area contributed by atoms with Crippen LogP contribution in [0.4, 0.5) is 0 Å². The van der Waals surface area contributed by atoms with Crippen LogP contribution in [0.1, 0.15) is 16.8 Å². The Balaban J connectivity index is 1.26. The van der Waals surface area contributed by atoms with Gasteiger partial charge in [0.15, 0.2) is 16.6 Å². The van der Waals surface area contributed by atoms with Crippen molar-refractivity contribution in [3.05, 3.63) is 59.3 Å². The van der Waals surface area contributed by atoms with Gasteiger partial charge in [0.25, 0.3) is 0 Å². The highest BCUT2D eigenvalue weighted by atomic mass is 32.1. The number of hydrogen-bond acceptors (Lipinski definition) is 3. The molecule has 0 aliphatic carbocycles. The van der Waals surface area contributed by atoms with Crippen molar-refractivity contribution in [2.24, 2.45) is 0 Å². The van der Waals surface area contributed by atoms with E-state index < -0.39 is 0 Å². The highest BCUT2D eigenvalue weighted by Gasteiger charge is 2.22. The van der Waals surface area contributed by atoms with Gasteiger partial charge in [-0.15, -0.1) is 0 Å². The predicted molar refractivity (Wildman–Crippen MR) is 104 cm³/mol. The molecule has 0 amide bonds. The van der Waals surface area contributed by atoms with Gasteiger partial charge in [0.1, 0.15) is 0 Å². The van der Waals surface area contributed by atoms with Crippen LogP contribution in [0.3, 0.4) is 0 Å². The summed E-state index contributed by atoms with van der Waals surface area (Å²) in [5.74, 6) is 1.61. The molecule has 0 saturated carbocycles. The van der Waals surface area contributed by atoms with E-state index in [0.29, 0.717) is 13.3 Å². The molecule has 2 aromatic carbocycles. The van der Waals surface area contributed by atoms with Gasteiger partial charge in [-0.25, -0.2) is 0 Å². The highest BCUT2D eigenvalue weighted by Crippen LogP contribution is 2.32. The third kappa shape index (κ3) is 2.66. The van der Waals surface area contributed by atoms with E-state index in [1.54, 1.807) is 0 Å². The Hall–Kier alpha value is -2.73. The number of benzene rings is 2. The number of H-pyrrole nitrogens is 1. The van der Waals surface area contributed by atoms with Gasteiger partial charge in [-0.2, -0.15) is 0 Å². The molecule has 132 valence electrons. The summed E-state index contributed by atoms with van der Waals surface area (Å²) in [6.45, 7) is 2.72.